The SMILES string of the molecule is Cn1nncc1COS(C)(=O)=O. The Hall–Kier alpha value is -0.950. The lowest BCUT2D eigenvalue weighted by Gasteiger charge is -1.99. The quantitative estimate of drug-likeness (QED) is 0.590. The molecule has 12 heavy (non-hydrogen) atoms. The van der Waals surface area contributed by atoms with Crippen molar-refractivity contribution >= 4 is 10.1 Å². The Kier molecular flexibility index (Phi) is 2.43. The number of hydrogen-bond acceptors (Lipinski definition) is 5. The van der Waals surface area contributed by atoms with Crippen molar-refractivity contribution in [1.82, 2.24) is 15.0 Å². The highest BCUT2D eigenvalue weighted by Crippen LogP contribution is 1.98. The molecule has 6 nitrogen and oxygen atoms in total. The lowest BCUT2D eigenvalue weighted by atomic mass is 10.5. The van der Waals surface area contributed by atoms with E-state index in [9.17, 15) is 8.42 Å². The summed E-state index contributed by atoms with van der Waals surface area (Å²) in [6.45, 7) is -0.0255. The first-order chi connectivity index (χ1) is 5.49. The van der Waals surface area contributed by atoms with Crippen LogP contribution in [0.2, 0.25) is 0 Å². The van der Waals surface area contributed by atoms with Crippen molar-refractivity contribution in [2.45, 2.75) is 6.61 Å². The molecule has 1 rings (SSSR count). The molecule has 0 bridgehead atoms. The van der Waals surface area contributed by atoms with Crippen LogP contribution in [0.25, 0.3) is 0 Å². The van der Waals surface area contributed by atoms with E-state index in [0.717, 1.165) is 6.26 Å². The number of aromatic nitrogens is 3. The second-order valence-corrected chi connectivity index (χ2v) is 3.96. The van der Waals surface area contributed by atoms with Crippen molar-refractivity contribution in [3.63, 3.8) is 0 Å². The van der Waals surface area contributed by atoms with Gasteiger partial charge in [-0.05, 0) is 0 Å². The van der Waals surface area contributed by atoms with E-state index in [-0.39, 0.29) is 6.61 Å². The molecular formula is C5H9N3O3S. The summed E-state index contributed by atoms with van der Waals surface area (Å²) in [5, 5.41) is 7.17. The molecule has 0 aliphatic heterocycles. The largest absolute Gasteiger partial charge is 0.264 e. The van der Waals surface area contributed by atoms with Crippen LogP contribution < -0.4 is 0 Å². The van der Waals surface area contributed by atoms with Gasteiger partial charge in [-0.3, -0.25) is 8.86 Å². The molecule has 0 unspecified atom stereocenters. The van der Waals surface area contributed by atoms with Gasteiger partial charge in [-0.15, -0.1) is 5.10 Å². The highest BCUT2D eigenvalue weighted by Gasteiger charge is 2.05. The highest BCUT2D eigenvalue weighted by atomic mass is 32.2. The third-order valence-corrected chi connectivity index (χ3v) is 1.78. The number of nitrogens with zero attached hydrogens (tertiary/aromatic N) is 3. The van der Waals surface area contributed by atoms with Gasteiger partial charge in [-0.25, -0.2) is 0 Å². The third-order valence-electron chi connectivity index (χ3n) is 1.23. The summed E-state index contributed by atoms with van der Waals surface area (Å²) >= 11 is 0. The molecule has 0 N–H and O–H groups in total. The van der Waals surface area contributed by atoms with Crippen LogP contribution in [0.5, 0.6) is 0 Å². The topological polar surface area (TPSA) is 74.1 Å². The van der Waals surface area contributed by atoms with Gasteiger partial charge in [0.2, 0.25) is 0 Å². The smallest absolute Gasteiger partial charge is 0.264 e. The Morgan fingerprint density at radius 1 is 1.67 bits per heavy atom. The number of hydrogen-bond donors (Lipinski definition) is 0. The molecular weight excluding hydrogens is 182 g/mol. The molecule has 0 aliphatic carbocycles. The zero-order chi connectivity index (χ0) is 9.19. The minimum atomic E-state index is -3.39. The lowest BCUT2D eigenvalue weighted by molar-refractivity contribution is 0.301. The Bertz CT molecular complexity index is 356. The zero-order valence-corrected chi connectivity index (χ0v) is 7.58. The van der Waals surface area contributed by atoms with Gasteiger partial charge in [-0.2, -0.15) is 8.42 Å². The van der Waals surface area contributed by atoms with Gasteiger partial charge in [0.15, 0.2) is 0 Å². The normalized spacial score (nSPS) is 11.8. The molecule has 1 aromatic rings. The molecule has 0 saturated heterocycles. The minimum Gasteiger partial charge on any atom is -0.264 e. The van der Waals surface area contributed by atoms with Crippen LogP contribution in [-0.2, 0) is 28.0 Å². The summed E-state index contributed by atoms with van der Waals surface area (Å²) in [5.41, 5.74) is 0.612. The predicted octanol–water partition coefficient (Wildman–Crippen LogP) is -0.709. The standard InChI is InChI=1S/C5H9N3O3S/c1-8-5(3-6-7-8)4-11-12(2,9)10/h3H,4H2,1-2H3. The summed E-state index contributed by atoms with van der Waals surface area (Å²) in [7, 11) is -1.73. The summed E-state index contributed by atoms with van der Waals surface area (Å²) in [6.07, 6.45) is 2.45. The van der Waals surface area contributed by atoms with Crippen LogP contribution >= 0.6 is 0 Å². The van der Waals surface area contributed by atoms with Crippen LogP contribution in [0, 0.1) is 0 Å². The van der Waals surface area contributed by atoms with Crippen molar-refractivity contribution in [2.24, 2.45) is 7.05 Å². The van der Waals surface area contributed by atoms with E-state index in [0.29, 0.717) is 5.69 Å². The maximum absolute atomic E-state index is 10.6. The average molecular weight is 191 g/mol. The molecule has 1 aromatic heterocycles. The van der Waals surface area contributed by atoms with E-state index in [1.54, 1.807) is 7.05 Å². The first kappa shape index (κ1) is 9.14. The third kappa shape index (κ3) is 2.59. The van der Waals surface area contributed by atoms with Crippen molar-refractivity contribution in [1.29, 1.82) is 0 Å². The average Bonchev–Trinajstić information content (AvgIpc) is 2.29. The van der Waals surface area contributed by atoms with Gasteiger partial charge < -0.3 is 0 Å². The Balaban J connectivity index is 2.61. The van der Waals surface area contributed by atoms with E-state index >= 15 is 0 Å². The Morgan fingerprint density at radius 3 is 2.75 bits per heavy atom. The molecule has 0 saturated carbocycles. The van der Waals surface area contributed by atoms with Gasteiger partial charge in [-0.1, -0.05) is 5.21 Å². The first-order valence-electron chi connectivity index (χ1n) is 3.17. The van der Waals surface area contributed by atoms with Crippen LogP contribution in [0.15, 0.2) is 6.20 Å². The van der Waals surface area contributed by atoms with Crippen molar-refractivity contribution in [2.75, 3.05) is 6.26 Å². The zero-order valence-electron chi connectivity index (χ0n) is 6.76. The Morgan fingerprint density at radius 2 is 2.33 bits per heavy atom. The summed E-state index contributed by atoms with van der Waals surface area (Å²) in [4.78, 5) is 0. The summed E-state index contributed by atoms with van der Waals surface area (Å²) in [6, 6.07) is 0. The Labute approximate surface area is 70.3 Å². The van der Waals surface area contributed by atoms with Crippen LogP contribution in [0.4, 0.5) is 0 Å². The first-order valence-corrected chi connectivity index (χ1v) is 4.98. The van der Waals surface area contributed by atoms with Gasteiger partial charge >= 0.3 is 0 Å². The fraction of sp³-hybridized carbons (Fsp3) is 0.600. The monoisotopic (exact) mass is 191 g/mol. The molecule has 0 spiro atoms. The van der Waals surface area contributed by atoms with Crippen molar-refractivity contribution in [3.8, 4) is 0 Å². The molecule has 7 heteroatoms. The fourth-order valence-corrected chi connectivity index (χ4v) is 0.944. The van der Waals surface area contributed by atoms with Crippen molar-refractivity contribution in [3.05, 3.63) is 11.9 Å². The van der Waals surface area contributed by atoms with Gasteiger partial charge in [0.1, 0.15) is 6.61 Å². The second kappa shape index (κ2) is 3.20. The molecule has 0 atom stereocenters. The van der Waals surface area contributed by atoms with E-state index in [1.807, 2.05) is 0 Å². The fourth-order valence-electron chi connectivity index (χ4n) is 0.609. The maximum Gasteiger partial charge on any atom is 0.264 e. The second-order valence-electron chi connectivity index (χ2n) is 2.32. The predicted molar refractivity (Wildman–Crippen MR) is 40.6 cm³/mol. The van der Waals surface area contributed by atoms with Gasteiger partial charge in [0.05, 0.1) is 18.1 Å². The van der Waals surface area contributed by atoms with E-state index in [1.165, 1.54) is 10.9 Å². The maximum atomic E-state index is 10.6. The lowest BCUT2D eigenvalue weighted by Crippen LogP contribution is -2.06. The summed E-state index contributed by atoms with van der Waals surface area (Å²) in [5.74, 6) is 0. The molecule has 0 aromatic carbocycles. The van der Waals surface area contributed by atoms with Crippen LogP contribution in [-0.4, -0.2) is 29.7 Å². The molecule has 0 aliphatic rings. The van der Waals surface area contributed by atoms with Crippen LogP contribution in [0.3, 0.4) is 0 Å². The number of rotatable bonds is 3. The molecule has 0 radical (unpaired) electrons. The number of aryl methyl sites for hydroxylation is 1. The van der Waals surface area contributed by atoms with Crippen LogP contribution in [0.1, 0.15) is 5.69 Å². The minimum absolute atomic E-state index is 0.0255. The molecule has 0 fully saturated rings. The van der Waals surface area contributed by atoms with E-state index < -0.39 is 10.1 Å². The van der Waals surface area contributed by atoms with Crippen molar-refractivity contribution < 1.29 is 12.6 Å². The molecule has 1 heterocycles. The van der Waals surface area contributed by atoms with E-state index in [2.05, 4.69) is 14.5 Å². The van der Waals surface area contributed by atoms with Gasteiger partial charge in [0, 0.05) is 7.05 Å². The van der Waals surface area contributed by atoms with E-state index in [4.69, 9.17) is 0 Å². The van der Waals surface area contributed by atoms with Gasteiger partial charge in [0.25, 0.3) is 10.1 Å². The highest BCUT2D eigenvalue weighted by molar-refractivity contribution is 7.85. The summed E-state index contributed by atoms with van der Waals surface area (Å²) < 4.78 is 27.1. The molecule has 68 valence electrons. The molecule has 0 amide bonds.